The van der Waals surface area contributed by atoms with Crippen molar-refractivity contribution in [2.75, 3.05) is 0 Å². The molecule has 0 unspecified atom stereocenters. The third-order valence-corrected chi connectivity index (χ3v) is 3.68. The second kappa shape index (κ2) is 6.92. The van der Waals surface area contributed by atoms with Gasteiger partial charge in [-0.05, 0) is 37.3 Å². The highest BCUT2D eigenvalue weighted by atomic mass is 16.5. The lowest BCUT2D eigenvalue weighted by atomic mass is 9.71. The van der Waals surface area contributed by atoms with Gasteiger partial charge in [-0.2, -0.15) is 0 Å². The molecular formula is C17H26O4. The van der Waals surface area contributed by atoms with Gasteiger partial charge in [0.1, 0.15) is 12.2 Å². The summed E-state index contributed by atoms with van der Waals surface area (Å²) < 4.78 is 10.5. The zero-order chi connectivity index (χ0) is 16.2. The van der Waals surface area contributed by atoms with Crippen molar-refractivity contribution in [2.24, 2.45) is 5.41 Å². The summed E-state index contributed by atoms with van der Waals surface area (Å²) in [6.45, 7) is 11.0. The molecule has 1 rings (SSSR count). The number of hydrogen-bond donors (Lipinski definition) is 0. The maximum Gasteiger partial charge on any atom is 0.303 e. The Morgan fingerprint density at radius 1 is 1.29 bits per heavy atom. The molecule has 21 heavy (non-hydrogen) atoms. The molecule has 1 aliphatic carbocycles. The second-order valence-electron chi connectivity index (χ2n) is 6.39. The van der Waals surface area contributed by atoms with Crippen molar-refractivity contribution in [3.63, 3.8) is 0 Å². The Kier molecular flexibility index (Phi) is 5.76. The molecule has 0 radical (unpaired) electrons. The van der Waals surface area contributed by atoms with E-state index in [1.165, 1.54) is 25.0 Å². The van der Waals surface area contributed by atoms with Crippen LogP contribution < -0.4 is 0 Å². The van der Waals surface area contributed by atoms with E-state index in [0.29, 0.717) is 0 Å². The van der Waals surface area contributed by atoms with Gasteiger partial charge in [-0.1, -0.05) is 25.5 Å². The first kappa shape index (κ1) is 17.5. The van der Waals surface area contributed by atoms with E-state index in [-0.39, 0.29) is 29.6 Å². The highest BCUT2D eigenvalue weighted by Gasteiger charge is 2.33. The topological polar surface area (TPSA) is 52.6 Å². The molecule has 0 saturated carbocycles. The summed E-state index contributed by atoms with van der Waals surface area (Å²) in [4.78, 5) is 22.1. The van der Waals surface area contributed by atoms with Crippen LogP contribution in [0.25, 0.3) is 0 Å². The van der Waals surface area contributed by atoms with E-state index in [2.05, 4.69) is 20.8 Å². The number of carbonyl (C=O) groups is 2. The molecule has 2 atom stereocenters. The van der Waals surface area contributed by atoms with E-state index in [1.807, 2.05) is 19.1 Å². The van der Waals surface area contributed by atoms with E-state index in [4.69, 9.17) is 9.47 Å². The van der Waals surface area contributed by atoms with Crippen LogP contribution in [-0.4, -0.2) is 24.1 Å². The minimum Gasteiger partial charge on any atom is -0.462 e. The second-order valence-corrected chi connectivity index (χ2v) is 6.39. The molecule has 0 aromatic carbocycles. The largest absolute Gasteiger partial charge is 0.462 e. The fourth-order valence-corrected chi connectivity index (χ4v) is 3.00. The fourth-order valence-electron chi connectivity index (χ4n) is 3.00. The minimum absolute atomic E-state index is 0.0551. The molecule has 0 fully saturated rings. The highest BCUT2D eigenvalue weighted by molar-refractivity contribution is 5.66. The van der Waals surface area contributed by atoms with Gasteiger partial charge in [0.2, 0.25) is 0 Å². The van der Waals surface area contributed by atoms with Gasteiger partial charge in [-0.15, -0.1) is 0 Å². The molecule has 0 N–H and O–H groups in total. The first-order chi connectivity index (χ1) is 9.61. The first-order valence-electron chi connectivity index (χ1n) is 7.34. The minimum atomic E-state index is -0.282. The lowest BCUT2D eigenvalue weighted by Gasteiger charge is -2.37. The number of carbonyl (C=O) groups excluding carboxylic acids is 2. The van der Waals surface area contributed by atoms with E-state index in [1.54, 1.807) is 0 Å². The summed E-state index contributed by atoms with van der Waals surface area (Å²) in [6, 6.07) is 0. The predicted molar refractivity (Wildman–Crippen MR) is 81.6 cm³/mol. The molecule has 0 amide bonds. The maximum absolute atomic E-state index is 11.1. The molecule has 0 aromatic rings. The zero-order valence-electron chi connectivity index (χ0n) is 13.9. The maximum atomic E-state index is 11.1. The van der Waals surface area contributed by atoms with Crippen LogP contribution in [0.15, 0.2) is 23.3 Å². The molecule has 4 nitrogen and oxygen atoms in total. The van der Waals surface area contributed by atoms with Crippen molar-refractivity contribution in [3.05, 3.63) is 23.3 Å². The van der Waals surface area contributed by atoms with Crippen LogP contribution in [0, 0.1) is 5.41 Å². The smallest absolute Gasteiger partial charge is 0.303 e. The van der Waals surface area contributed by atoms with Gasteiger partial charge in [0, 0.05) is 20.3 Å². The van der Waals surface area contributed by atoms with Crippen LogP contribution in [0.3, 0.4) is 0 Å². The zero-order valence-corrected chi connectivity index (χ0v) is 13.9. The SMILES string of the molecule is CC(=O)O[C@H]1CC(C)=C(/C=C/[C@@H](C)OC(C)=O)C(C)(C)C1. The first-order valence-corrected chi connectivity index (χ1v) is 7.34. The quantitative estimate of drug-likeness (QED) is 0.744. The van der Waals surface area contributed by atoms with Crippen molar-refractivity contribution in [1.29, 1.82) is 0 Å². The van der Waals surface area contributed by atoms with Gasteiger partial charge >= 0.3 is 11.9 Å². The number of ether oxygens (including phenoxy) is 2. The molecule has 4 heteroatoms. The monoisotopic (exact) mass is 294 g/mol. The predicted octanol–water partition coefficient (Wildman–Crippen LogP) is 3.56. The number of esters is 2. The lowest BCUT2D eigenvalue weighted by molar-refractivity contribution is -0.147. The van der Waals surface area contributed by atoms with Crippen LogP contribution >= 0.6 is 0 Å². The summed E-state index contributed by atoms with van der Waals surface area (Å²) in [7, 11) is 0. The summed E-state index contributed by atoms with van der Waals surface area (Å²) in [5.74, 6) is -0.512. The van der Waals surface area contributed by atoms with Crippen molar-refractivity contribution in [2.45, 2.75) is 66.6 Å². The van der Waals surface area contributed by atoms with E-state index in [0.717, 1.165) is 12.8 Å². The third-order valence-electron chi connectivity index (χ3n) is 3.68. The lowest BCUT2D eigenvalue weighted by Crippen LogP contribution is -2.31. The van der Waals surface area contributed by atoms with Crippen molar-refractivity contribution < 1.29 is 19.1 Å². The summed E-state index contributed by atoms with van der Waals surface area (Å²) in [6.07, 6.45) is 5.18. The normalized spacial score (nSPS) is 23.0. The average Bonchev–Trinajstić information content (AvgIpc) is 2.24. The Morgan fingerprint density at radius 3 is 2.38 bits per heavy atom. The Hall–Kier alpha value is -1.58. The van der Waals surface area contributed by atoms with Gasteiger partial charge in [0.15, 0.2) is 0 Å². The Balaban J connectivity index is 2.87. The Labute approximate surface area is 127 Å². The standard InChI is InChI=1S/C17H26O4/c1-11-9-15(21-14(4)19)10-17(5,6)16(11)8-7-12(2)20-13(3)18/h7-8,12,15H,9-10H2,1-6H3/b8-7+/t12-,15+/m1/s1. The summed E-state index contributed by atoms with van der Waals surface area (Å²) in [5.41, 5.74) is 2.36. The molecule has 0 spiro atoms. The number of hydrogen-bond acceptors (Lipinski definition) is 4. The summed E-state index contributed by atoms with van der Waals surface area (Å²) >= 11 is 0. The molecule has 118 valence electrons. The average molecular weight is 294 g/mol. The molecule has 0 bridgehead atoms. The Morgan fingerprint density at radius 2 is 1.90 bits per heavy atom. The van der Waals surface area contributed by atoms with Gasteiger partial charge in [-0.25, -0.2) is 0 Å². The van der Waals surface area contributed by atoms with Crippen molar-refractivity contribution >= 4 is 11.9 Å². The third kappa shape index (κ3) is 5.37. The van der Waals surface area contributed by atoms with Crippen LogP contribution in [0.4, 0.5) is 0 Å². The number of allylic oxidation sites excluding steroid dienone is 2. The number of rotatable bonds is 4. The van der Waals surface area contributed by atoms with Crippen molar-refractivity contribution in [1.82, 2.24) is 0 Å². The van der Waals surface area contributed by atoms with E-state index in [9.17, 15) is 9.59 Å². The summed E-state index contributed by atoms with van der Waals surface area (Å²) in [5, 5.41) is 0. The van der Waals surface area contributed by atoms with Crippen molar-refractivity contribution in [3.8, 4) is 0 Å². The highest BCUT2D eigenvalue weighted by Crippen LogP contribution is 2.42. The van der Waals surface area contributed by atoms with E-state index >= 15 is 0 Å². The molecule has 0 aliphatic heterocycles. The Bertz CT molecular complexity index is 471. The van der Waals surface area contributed by atoms with Crippen LogP contribution in [0.2, 0.25) is 0 Å². The van der Waals surface area contributed by atoms with Crippen LogP contribution in [-0.2, 0) is 19.1 Å². The fraction of sp³-hybridized carbons (Fsp3) is 0.647. The molecule has 0 aromatic heterocycles. The van der Waals surface area contributed by atoms with Gasteiger partial charge in [0.25, 0.3) is 0 Å². The molecule has 0 heterocycles. The van der Waals surface area contributed by atoms with Crippen LogP contribution in [0.1, 0.15) is 54.4 Å². The van der Waals surface area contributed by atoms with Gasteiger partial charge < -0.3 is 9.47 Å². The van der Waals surface area contributed by atoms with E-state index < -0.39 is 0 Å². The molecule has 0 saturated heterocycles. The van der Waals surface area contributed by atoms with Crippen LogP contribution in [0.5, 0.6) is 0 Å². The van der Waals surface area contributed by atoms with Gasteiger partial charge in [-0.3, -0.25) is 9.59 Å². The van der Waals surface area contributed by atoms with Gasteiger partial charge in [0.05, 0.1) is 0 Å². The molecule has 1 aliphatic rings. The molecular weight excluding hydrogens is 268 g/mol.